The van der Waals surface area contributed by atoms with Crippen molar-refractivity contribution in [3.63, 3.8) is 0 Å². The van der Waals surface area contributed by atoms with Crippen LogP contribution in [0.5, 0.6) is 5.75 Å². The van der Waals surface area contributed by atoms with E-state index in [2.05, 4.69) is 4.42 Å². The number of hydrogen-bond donors (Lipinski definition) is 1. The van der Waals surface area contributed by atoms with Gasteiger partial charge in [0.15, 0.2) is 5.78 Å². The lowest BCUT2D eigenvalue weighted by Gasteiger charge is -2.03. The van der Waals surface area contributed by atoms with Gasteiger partial charge in [0.2, 0.25) is 0 Å². The van der Waals surface area contributed by atoms with Gasteiger partial charge in [-0.05, 0) is 0 Å². The standard InChI is InChI=1S/C9H10O4/c1-5(2)8(11)7-6(10)3-4-13-9(7)12/h3-5,10H,1-2H3. The van der Waals surface area contributed by atoms with Crippen LogP contribution in [0.2, 0.25) is 0 Å². The highest BCUT2D eigenvalue weighted by atomic mass is 16.4. The fourth-order valence-corrected chi connectivity index (χ4v) is 0.923. The fourth-order valence-electron chi connectivity index (χ4n) is 0.923. The van der Waals surface area contributed by atoms with Crippen molar-refractivity contribution in [1.29, 1.82) is 0 Å². The van der Waals surface area contributed by atoms with Gasteiger partial charge in [0, 0.05) is 12.0 Å². The third-order valence-electron chi connectivity index (χ3n) is 1.63. The molecule has 1 rings (SSSR count). The number of carbonyl (C=O) groups excluding carboxylic acids is 1. The Balaban J connectivity index is 3.29. The van der Waals surface area contributed by atoms with E-state index < -0.39 is 11.4 Å². The highest BCUT2D eigenvalue weighted by Gasteiger charge is 2.19. The normalized spacial score (nSPS) is 10.4. The Morgan fingerprint density at radius 1 is 1.54 bits per heavy atom. The summed E-state index contributed by atoms with van der Waals surface area (Å²) in [6.07, 6.45) is 1.05. The maximum atomic E-state index is 11.4. The van der Waals surface area contributed by atoms with E-state index in [1.165, 1.54) is 6.07 Å². The molecule has 0 atom stereocenters. The second kappa shape index (κ2) is 3.43. The molecule has 0 bridgehead atoms. The minimum absolute atomic E-state index is 0.266. The molecule has 13 heavy (non-hydrogen) atoms. The van der Waals surface area contributed by atoms with Gasteiger partial charge in [-0.1, -0.05) is 13.8 Å². The van der Waals surface area contributed by atoms with Gasteiger partial charge in [-0.25, -0.2) is 4.79 Å². The van der Waals surface area contributed by atoms with Crippen molar-refractivity contribution in [1.82, 2.24) is 0 Å². The smallest absolute Gasteiger partial charge is 0.350 e. The van der Waals surface area contributed by atoms with E-state index in [9.17, 15) is 14.7 Å². The van der Waals surface area contributed by atoms with Gasteiger partial charge < -0.3 is 9.52 Å². The second-order valence-electron chi connectivity index (χ2n) is 2.99. The largest absolute Gasteiger partial charge is 0.507 e. The van der Waals surface area contributed by atoms with Crippen LogP contribution in [-0.2, 0) is 0 Å². The zero-order valence-electron chi connectivity index (χ0n) is 7.40. The average molecular weight is 182 g/mol. The summed E-state index contributed by atoms with van der Waals surface area (Å²) in [5.74, 6) is -1.07. The number of aromatic hydroxyl groups is 1. The van der Waals surface area contributed by atoms with Crippen molar-refractivity contribution in [3.8, 4) is 5.75 Å². The van der Waals surface area contributed by atoms with E-state index >= 15 is 0 Å². The Labute approximate surface area is 74.8 Å². The lowest BCUT2D eigenvalue weighted by Crippen LogP contribution is -2.17. The van der Waals surface area contributed by atoms with E-state index in [4.69, 9.17) is 0 Å². The molecule has 0 aliphatic heterocycles. The molecule has 1 heterocycles. The molecule has 1 N–H and O–H groups in total. The number of rotatable bonds is 2. The first kappa shape index (κ1) is 9.51. The fraction of sp³-hybridized carbons (Fsp3) is 0.333. The minimum Gasteiger partial charge on any atom is -0.507 e. The van der Waals surface area contributed by atoms with Crippen molar-refractivity contribution in [2.75, 3.05) is 0 Å². The molecule has 0 radical (unpaired) electrons. The van der Waals surface area contributed by atoms with Crippen molar-refractivity contribution in [3.05, 3.63) is 28.3 Å². The van der Waals surface area contributed by atoms with Gasteiger partial charge in [-0.15, -0.1) is 0 Å². The summed E-state index contributed by atoms with van der Waals surface area (Å²) >= 11 is 0. The second-order valence-corrected chi connectivity index (χ2v) is 2.99. The molecule has 0 amide bonds. The van der Waals surface area contributed by atoms with Crippen LogP contribution in [-0.4, -0.2) is 10.9 Å². The summed E-state index contributed by atoms with van der Waals surface area (Å²) in [4.78, 5) is 22.4. The topological polar surface area (TPSA) is 67.5 Å². The summed E-state index contributed by atoms with van der Waals surface area (Å²) in [7, 11) is 0. The van der Waals surface area contributed by atoms with Crippen LogP contribution in [0.3, 0.4) is 0 Å². The molecule has 0 aliphatic carbocycles. The van der Waals surface area contributed by atoms with Crippen LogP contribution in [0.4, 0.5) is 0 Å². The zero-order chi connectivity index (χ0) is 10.0. The third kappa shape index (κ3) is 1.77. The lowest BCUT2D eigenvalue weighted by molar-refractivity contribution is 0.0932. The summed E-state index contributed by atoms with van der Waals surface area (Å²) in [6, 6.07) is 1.18. The number of ketones is 1. The molecule has 0 spiro atoms. The summed E-state index contributed by atoms with van der Waals surface area (Å²) < 4.78 is 4.47. The van der Waals surface area contributed by atoms with E-state index in [1.807, 2.05) is 0 Å². The van der Waals surface area contributed by atoms with Crippen LogP contribution in [0.25, 0.3) is 0 Å². The van der Waals surface area contributed by atoms with Crippen molar-refractivity contribution in [2.45, 2.75) is 13.8 Å². The van der Waals surface area contributed by atoms with Gasteiger partial charge in [-0.3, -0.25) is 4.79 Å². The van der Waals surface area contributed by atoms with Crippen LogP contribution in [0.15, 0.2) is 21.5 Å². The molecular formula is C9H10O4. The maximum absolute atomic E-state index is 11.4. The van der Waals surface area contributed by atoms with Crippen molar-refractivity contribution >= 4 is 5.78 Å². The summed E-state index contributed by atoms with van der Waals surface area (Å²) in [6.45, 7) is 3.29. The molecule has 0 aliphatic rings. The van der Waals surface area contributed by atoms with E-state index in [1.54, 1.807) is 13.8 Å². The van der Waals surface area contributed by atoms with Crippen LogP contribution < -0.4 is 5.63 Å². The predicted octanol–water partition coefficient (Wildman–Crippen LogP) is 1.18. The quantitative estimate of drug-likeness (QED) is 0.697. The molecule has 70 valence electrons. The maximum Gasteiger partial charge on any atom is 0.350 e. The van der Waals surface area contributed by atoms with Gasteiger partial charge in [0.1, 0.15) is 11.3 Å². The lowest BCUT2D eigenvalue weighted by atomic mass is 10.0. The van der Waals surface area contributed by atoms with Crippen molar-refractivity contribution in [2.24, 2.45) is 5.92 Å². The molecule has 1 aromatic rings. The molecule has 4 nitrogen and oxygen atoms in total. The Bertz CT molecular complexity index is 375. The number of Topliss-reactive ketones (excluding diaryl/α,β-unsaturated/α-hetero) is 1. The van der Waals surface area contributed by atoms with Gasteiger partial charge in [-0.2, -0.15) is 0 Å². The first-order valence-corrected chi connectivity index (χ1v) is 3.89. The Hall–Kier alpha value is -1.58. The average Bonchev–Trinajstić information content (AvgIpc) is 2.03. The molecule has 1 aromatic heterocycles. The number of carbonyl (C=O) groups is 1. The SMILES string of the molecule is CC(C)C(=O)c1c(O)ccoc1=O. The van der Waals surface area contributed by atoms with Crippen LogP contribution in [0, 0.1) is 5.92 Å². The Kier molecular flexibility index (Phi) is 2.51. The van der Waals surface area contributed by atoms with Gasteiger partial charge in [0.05, 0.1) is 6.26 Å². The van der Waals surface area contributed by atoms with E-state index in [0.717, 1.165) is 6.26 Å². The molecule has 0 aromatic carbocycles. The Morgan fingerprint density at radius 3 is 2.62 bits per heavy atom. The molecule has 0 saturated heterocycles. The van der Waals surface area contributed by atoms with Crippen LogP contribution in [0.1, 0.15) is 24.2 Å². The van der Waals surface area contributed by atoms with Gasteiger partial charge in [0.25, 0.3) is 0 Å². The highest BCUT2D eigenvalue weighted by Crippen LogP contribution is 2.15. The molecule has 0 saturated carbocycles. The van der Waals surface area contributed by atoms with E-state index in [0.29, 0.717) is 0 Å². The molecule has 0 fully saturated rings. The predicted molar refractivity (Wildman–Crippen MR) is 45.8 cm³/mol. The summed E-state index contributed by atoms with van der Waals surface area (Å²) in [5, 5.41) is 9.23. The monoisotopic (exact) mass is 182 g/mol. The zero-order valence-corrected chi connectivity index (χ0v) is 7.40. The summed E-state index contributed by atoms with van der Waals surface area (Å²) in [5.41, 5.74) is -1.06. The van der Waals surface area contributed by atoms with Crippen molar-refractivity contribution < 1.29 is 14.3 Å². The van der Waals surface area contributed by atoms with Crippen LogP contribution >= 0.6 is 0 Å². The number of hydrogen-bond acceptors (Lipinski definition) is 4. The third-order valence-corrected chi connectivity index (χ3v) is 1.63. The highest BCUT2D eigenvalue weighted by molar-refractivity contribution is 5.99. The Morgan fingerprint density at radius 2 is 2.15 bits per heavy atom. The molecular weight excluding hydrogens is 172 g/mol. The van der Waals surface area contributed by atoms with E-state index in [-0.39, 0.29) is 17.2 Å². The first-order valence-electron chi connectivity index (χ1n) is 3.89. The molecule has 0 unspecified atom stereocenters. The first-order chi connectivity index (χ1) is 6.04. The van der Waals surface area contributed by atoms with Gasteiger partial charge >= 0.3 is 5.63 Å². The molecule has 4 heteroatoms. The minimum atomic E-state index is -0.793.